The molecule has 1 amide bonds. The number of nitrogens with one attached hydrogen (secondary N) is 1. The van der Waals surface area contributed by atoms with Gasteiger partial charge in [0.1, 0.15) is 10.6 Å². The molecule has 0 saturated carbocycles. The van der Waals surface area contributed by atoms with Crippen molar-refractivity contribution in [3.8, 4) is 0 Å². The lowest BCUT2D eigenvalue weighted by atomic mass is 10.2. The van der Waals surface area contributed by atoms with Crippen LogP contribution in [-0.2, 0) is 17.1 Å². The summed E-state index contributed by atoms with van der Waals surface area (Å²) in [6.45, 7) is 2.93. The summed E-state index contributed by atoms with van der Waals surface area (Å²) in [4.78, 5) is 12.8. The van der Waals surface area contributed by atoms with Crippen molar-refractivity contribution in [2.24, 2.45) is 7.05 Å². The Labute approximate surface area is 153 Å². The number of aromatic nitrogens is 1. The molecule has 1 aliphatic heterocycles. The number of anilines is 2. The van der Waals surface area contributed by atoms with E-state index in [4.69, 9.17) is 5.73 Å². The lowest BCUT2D eigenvalue weighted by Crippen LogP contribution is -2.35. The molecule has 8 heteroatoms. The Morgan fingerprint density at radius 1 is 1.15 bits per heavy atom. The first kappa shape index (κ1) is 18.5. The van der Waals surface area contributed by atoms with Gasteiger partial charge in [0.25, 0.3) is 5.91 Å². The Balaban J connectivity index is 1.85. The molecule has 3 rings (SSSR count). The molecule has 1 fully saturated rings. The van der Waals surface area contributed by atoms with Crippen LogP contribution in [0.25, 0.3) is 0 Å². The highest BCUT2D eigenvalue weighted by atomic mass is 32.2. The van der Waals surface area contributed by atoms with Gasteiger partial charge in [-0.3, -0.25) is 4.79 Å². The number of amides is 1. The molecule has 1 aliphatic rings. The third kappa shape index (κ3) is 3.61. The van der Waals surface area contributed by atoms with Crippen LogP contribution in [0.3, 0.4) is 0 Å². The predicted molar refractivity (Wildman–Crippen MR) is 102 cm³/mol. The summed E-state index contributed by atoms with van der Waals surface area (Å²) in [7, 11) is -1.91. The highest BCUT2D eigenvalue weighted by Crippen LogP contribution is 2.24. The van der Waals surface area contributed by atoms with Crippen LogP contribution in [0.15, 0.2) is 35.4 Å². The van der Waals surface area contributed by atoms with Gasteiger partial charge in [0.15, 0.2) is 0 Å². The van der Waals surface area contributed by atoms with E-state index in [1.54, 1.807) is 19.2 Å². The van der Waals surface area contributed by atoms with Gasteiger partial charge < -0.3 is 15.6 Å². The van der Waals surface area contributed by atoms with Gasteiger partial charge in [0, 0.05) is 37.7 Å². The largest absolute Gasteiger partial charge is 0.399 e. The number of nitrogens with two attached hydrogens (primary N) is 1. The van der Waals surface area contributed by atoms with Crippen molar-refractivity contribution in [1.29, 1.82) is 0 Å². The monoisotopic (exact) mass is 376 g/mol. The van der Waals surface area contributed by atoms with Gasteiger partial charge in [-0.25, -0.2) is 8.42 Å². The number of carbonyl (C=O) groups excluding carboxylic acids is 1. The molecule has 0 unspecified atom stereocenters. The van der Waals surface area contributed by atoms with Crippen LogP contribution >= 0.6 is 0 Å². The number of piperidine rings is 1. The summed E-state index contributed by atoms with van der Waals surface area (Å²) >= 11 is 0. The highest BCUT2D eigenvalue weighted by molar-refractivity contribution is 7.89. The molecule has 0 bridgehead atoms. The van der Waals surface area contributed by atoms with E-state index < -0.39 is 10.0 Å². The normalized spacial score (nSPS) is 15.8. The number of aryl methyl sites for hydroxylation is 2. The second-order valence-electron chi connectivity index (χ2n) is 6.67. The van der Waals surface area contributed by atoms with Crippen LogP contribution in [-0.4, -0.2) is 36.3 Å². The zero-order chi connectivity index (χ0) is 18.9. The van der Waals surface area contributed by atoms with E-state index in [0.717, 1.165) is 24.8 Å². The quantitative estimate of drug-likeness (QED) is 0.800. The number of sulfonamides is 1. The first-order valence-corrected chi connectivity index (χ1v) is 10.1. The van der Waals surface area contributed by atoms with E-state index in [9.17, 15) is 13.2 Å². The Morgan fingerprint density at radius 3 is 2.54 bits per heavy atom. The molecule has 3 N–H and O–H groups in total. The number of benzene rings is 1. The maximum absolute atomic E-state index is 12.8. The van der Waals surface area contributed by atoms with Crippen molar-refractivity contribution in [1.82, 2.24) is 8.87 Å². The molecule has 26 heavy (non-hydrogen) atoms. The Bertz CT molecular complexity index is 928. The Morgan fingerprint density at radius 2 is 1.85 bits per heavy atom. The fourth-order valence-electron chi connectivity index (χ4n) is 3.12. The number of nitrogen functional groups attached to an aromatic ring is 1. The van der Waals surface area contributed by atoms with E-state index in [2.05, 4.69) is 5.32 Å². The second kappa shape index (κ2) is 7.13. The zero-order valence-corrected chi connectivity index (χ0v) is 15.8. The molecule has 140 valence electrons. The van der Waals surface area contributed by atoms with Crippen LogP contribution in [0.4, 0.5) is 11.4 Å². The number of hydrogen-bond donors (Lipinski definition) is 2. The number of rotatable bonds is 4. The van der Waals surface area contributed by atoms with E-state index in [0.29, 0.717) is 24.5 Å². The van der Waals surface area contributed by atoms with Gasteiger partial charge >= 0.3 is 0 Å². The molecule has 0 atom stereocenters. The summed E-state index contributed by atoms with van der Waals surface area (Å²) < 4.78 is 28.6. The maximum Gasteiger partial charge on any atom is 0.272 e. The lowest BCUT2D eigenvalue weighted by Gasteiger charge is -2.25. The van der Waals surface area contributed by atoms with Crippen molar-refractivity contribution in [3.63, 3.8) is 0 Å². The molecule has 7 nitrogen and oxygen atoms in total. The Hall–Kier alpha value is -2.32. The number of carbonyl (C=O) groups is 1. The summed E-state index contributed by atoms with van der Waals surface area (Å²) in [6.07, 6.45) is 4.28. The van der Waals surface area contributed by atoms with E-state index in [-0.39, 0.29) is 16.5 Å². The fraction of sp³-hybridized carbons (Fsp3) is 0.389. The summed E-state index contributed by atoms with van der Waals surface area (Å²) in [5.41, 5.74) is 8.09. The van der Waals surface area contributed by atoms with E-state index >= 15 is 0 Å². The van der Waals surface area contributed by atoms with Gasteiger partial charge in [-0.2, -0.15) is 4.31 Å². The highest BCUT2D eigenvalue weighted by Gasteiger charge is 2.28. The molecule has 0 radical (unpaired) electrons. The fourth-order valence-corrected chi connectivity index (χ4v) is 4.70. The van der Waals surface area contributed by atoms with Gasteiger partial charge in [-0.05, 0) is 43.5 Å². The average molecular weight is 376 g/mol. The first-order chi connectivity index (χ1) is 12.3. The van der Waals surface area contributed by atoms with Crippen molar-refractivity contribution >= 4 is 27.3 Å². The SMILES string of the molecule is Cc1ccc(N)cc1NC(=O)c1cc(S(=O)(=O)N2CCCCC2)cn1C. The minimum Gasteiger partial charge on any atom is -0.399 e. The van der Waals surface area contributed by atoms with Crippen molar-refractivity contribution in [2.75, 3.05) is 24.1 Å². The molecule has 1 aromatic heterocycles. The molecular weight excluding hydrogens is 352 g/mol. The van der Waals surface area contributed by atoms with Crippen molar-refractivity contribution in [3.05, 3.63) is 41.7 Å². The van der Waals surface area contributed by atoms with Crippen LogP contribution in [0.2, 0.25) is 0 Å². The van der Waals surface area contributed by atoms with E-state index in [1.165, 1.54) is 21.1 Å². The Kier molecular flexibility index (Phi) is 5.06. The molecule has 2 aromatic rings. The van der Waals surface area contributed by atoms with Crippen LogP contribution in [0.5, 0.6) is 0 Å². The molecular formula is C18H24N4O3S. The third-order valence-electron chi connectivity index (χ3n) is 4.68. The molecule has 2 heterocycles. The number of nitrogens with zero attached hydrogens (tertiary/aromatic N) is 2. The summed E-state index contributed by atoms with van der Waals surface area (Å²) in [5.74, 6) is -0.374. The van der Waals surface area contributed by atoms with Gasteiger partial charge in [-0.15, -0.1) is 0 Å². The minimum absolute atomic E-state index is 0.149. The lowest BCUT2D eigenvalue weighted by molar-refractivity contribution is 0.101. The van der Waals surface area contributed by atoms with E-state index in [1.807, 2.05) is 13.0 Å². The van der Waals surface area contributed by atoms with Gasteiger partial charge in [-0.1, -0.05) is 12.5 Å². The second-order valence-corrected chi connectivity index (χ2v) is 8.60. The summed E-state index contributed by atoms with van der Waals surface area (Å²) in [6, 6.07) is 6.70. The first-order valence-electron chi connectivity index (χ1n) is 8.63. The van der Waals surface area contributed by atoms with Crippen molar-refractivity contribution in [2.45, 2.75) is 31.1 Å². The van der Waals surface area contributed by atoms with Gasteiger partial charge in [0.05, 0.1) is 0 Å². The minimum atomic E-state index is -3.57. The maximum atomic E-state index is 12.8. The van der Waals surface area contributed by atoms with Crippen LogP contribution in [0, 0.1) is 6.92 Å². The standard InChI is InChI=1S/C18H24N4O3S/c1-13-6-7-14(19)10-16(13)20-18(23)17-11-15(12-21(17)2)26(24,25)22-8-4-3-5-9-22/h6-7,10-12H,3-5,8-9,19H2,1-2H3,(H,20,23). The molecule has 0 spiro atoms. The zero-order valence-electron chi connectivity index (χ0n) is 15.0. The molecule has 1 saturated heterocycles. The average Bonchev–Trinajstić information content (AvgIpc) is 3.01. The third-order valence-corrected chi connectivity index (χ3v) is 6.54. The van der Waals surface area contributed by atoms with Crippen LogP contribution < -0.4 is 11.1 Å². The predicted octanol–water partition coefficient (Wildman–Crippen LogP) is 2.34. The van der Waals surface area contributed by atoms with Crippen molar-refractivity contribution < 1.29 is 13.2 Å². The topological polar surface area (TPSA) is 97.4 Å². The summed E-state index contributed by atoms with van der Waals surface area (Å²) in [5, 5.41) is 2.80. The number of hydrogen-bond acceptors (Lipinski definition) is 4. The van der Waals surface area contributed by atoms with Crippen LogP contribution in [0.1, 0.15) is 35.3 Å². The van der Waals surface area contributed by atoms with Gasteiger partial charge in [0.2, 0.25) is 10.0 Å². The molecule has 1 aromatic carbocycles. The smallest absolute Gasteiger partial charge is 0.272 e. The molecule has 0 aliphatic carbocycles.